The molecule has 0 aliphatic carbocycles. The van der Waals surface area contributed by atoms with Gasteiger partial charge in [0.05, 0.1) is 6.10 Å². The average molecular weight is 205 g/mol. The molecule has 0 radical (unpaired) electrons. The normalized spacial score (nSPS) is 25.1. The Balaban J connectivity index is 2.04. The number of aliphatic hydroxyl groups excluding tert-OH is 1. The number of rotatable bonds is 2. The Hall–Kier alpha value is -0.860. The molecule has 82 valence electrons. The van der Waals surface area contributed by atoms with Crippen LogP contribution in [0.5, 0.6) is 0 Å². The summed E-state index contributed by atoms with van der Waals surface area (Å²) in [5.74, 6) is 0. The first-order valence-electron chi connectivity index (χ1n) is 5.74. The topological polar surface area (TPSA) is 23.5 Å². The highest BCUT2D eigenvalue weighted by molar-refractivity contribution is 5.18. The van der Waals surface area contributed by atoms with Crippen molar-refractivity contribution in [1.82, 2.24) is 4.90 Å². The average Bonchev–Trinajstić information content (AvgIpc) is 2.29. The maximum absolute atomic E-state index is 9.63. The van der Waals surface area contributed by atoms with Crippen LogP contribution in [0.25, 0.3) is 0 Å². The molecule has 2 atom stereocenters. The number of piperidine rings is 1. The Kier molecular flexibility index (Phi) is 3.39. The molecule has 2 rings (SSSR count). The summed E-state index contributed by atoms with van der Waals surface area (Å²) in [6, 6.07) is 10.9. The second-order valence-corrected chi connectivity index (χ2v) is 4.38. The molecule has 0 amide bonds. The van der Waals surface area contributed by atoms with Gasteiger partial charge in [0.2, 0.25) is 0 Å². The Labute approximate surface area is 91.5 Å². The van der Waals surface area contributed by atoms with E-state index in [0.717, 1.165) is 25.9 Å². The second-order valence-electron chi connectivity index (χ2n) is 4.38. The minimum atomic E-state index is -0.134. The molecule has 1 saturated heterocycles. The van der Waals surface area contributed by atoms with Crippen molar-refractivity contribution < 1.29 is 5.11 Å². The van der Waals surface area contributed by atoms with E-state index < -0.39 is 0 Å². The molecule has 1 fully saturated rings. The molecule has 0 spiro atoms. The molecule has 2 nitrogen and oxygen atoms in total. The fourth-order valence-corrected chi connectivity index (χ4v) is 2.28. The number of hydrogen-bond donors (Lipinski definition) is 1. The predicted molar refractivity (Wildman–Crippen MR) is 61.7 cm³/mol. The minimum absolute atomic E-state index is 0.134. The van der Waals surface area contributed by atoms with Gasteiger partial charge < -0.3 is 5.11 Å². The molecule has 1 aliphatic rings. The highest BCUT2D eigenvalue weighted by Crippen LogP contribution is 2.23. The summed E-state index contributed by atoms with van der Waals surface area (Å²) >= 11 is 0. The van der Waals surface area contributed by atoms with Crippen LogP contribution in [0, 0.1) is 0 Å². The third-order valence-electron chi connectivity index (χ3n) is 3.26. The van der Waals surface area contributed by atoms with Gasteiger partial charge in [-0.25, -0.2) is 0 Å². The number of nitrogens with zero attached hydrogens (tertiary/aromatic N) is 1. The maximum Gasteiger partial charge on any atom is 0.0667 e. The van der Waals surface area contributed by atoms with Gasteiger partial charge >= 0.3 is 0 Å². The fourth-order valence-electron chi connectivity index (χ4n) is 2.28. The van der Waals surface area contributed by atoms with Crippen LogP contribution in [0.1, 0.15) is 31.4 Å². The van der Waals surface area contributed by atoms with Gasteiger partial charge in [-0.3, -0.25) is 4.90 Å². The number of likely N-dealkylation sites (tertiary alicyclic amines) is 1. The summed E-state index contributed by atoms with van der Waals surface area (Å²) in [5, 5.41) is 9.63. The molecule has 15 heavy (non-hydrogen) atoms. The quantitative estimate of drug-likeness (QED) is 0.800. The predicted octanol–water partition coefficient (Wildman–Crippen LogP) is 2.20. The molecule has 1 aromatic carbocycles. The monoisotopic (exact) mass is 205 g/mol. The van der Waals surface area contributed by atoms with Crippen molar-refractivity contribution in [3.8, 4) is 0 Å². The molecule has 1 unspecified atom stereocenters. The Morgan fingerprint density at radius 2 is 2.07 bits per heavy atom. The van der Waals surface area contributed by atoms with Gasteiger partial charge in [-0.2, -0.15) is 0 Å². The van der Waals surface area contributed by atoms with Gasteiger partial charge in [-0.1, -0.05) is 30.3 Å². The zero-order chi connectivity index (χ0) is 10.7. The molecule has 1 aliphatic heterocycles. The molecule has 1 aromatic rings. The molecular formula is C13H19NO. The van der Waals surface area contributed by atoms with Crippen molar-refractivity contribution in [3.63, 3.8) is 0 Å². The number of β-amino-alcohol motifs (C(OH)–C–C–N with tert-alkyl or cyclic N) is 1. The number of hydrogen-bond acceptors (Lipinski definition) is 2. The highest BCUT2D eigenvalue weighted by atomic mass is 16.3. The summed E-state index contributed by atoms with van der Waals surface area (Å²) < 4.78 is 0. The molecule has 1 N–H and O–H groups in total. The zero-order valence-electron chi connectivity index (χ0n) is 9.26. The van der Waals surface area contributed by atoms with E-state index in [1.807, 2.05) is 6.07 Å². The smallest absolute Gasteiger partial charge is 0.0667 e. The third kappa shape index (κ3) is 2.58. The van der Waals surface area contributed by atoms with Crippen molar-refractivity contribution in [2.24, 2.45) is 0 Å². The van der Waals surface area contributed by atoms with Gasteiger partial charge in [0.25, 0.3) is 0 Å². The lowest BCUT2D eigenvalue weighted by Crippen LogP contribution is -2.39. The Morgan fingerprint density at radius 3 is 2.73 bits per heavy atom. The van der Waals surface area contributed by atoms with Gasteiger partial charge in [0.1, 0.15) is 0 Å². The minimum Gasteiger partial charge on any atom is -0.392 e. The zero-order valence-corrected chi connectivity index (χ0v) is 9.26. The van der Waals surface area contributed by atoms with Crippen LogP contribution >= 0.6 is 0 Å². The molecule has 1 heterocycles. The molecular weight excluding hydrogens is 186 g/mol. The van der Waals surface area contributed by atoms with Crippen molar-refractivity contribution in [2.75, 3.05) is 13.1 Å². The summed E-state index contributed by atoms with van der Waals surface area (Å²) in [6.07, 6.45) is 1.93. The number of benzene rings is 1. The van der Waals surface area contributed by atoms with Crippen LogP contribution in [0.2, 0.25) is 0 Å². The molecule has 0 bridgehead atoms. The van der Waals surface area contributed by atoms with Crippen molar-refractivity contribution in [2.45, 2.75) is 31.9 Å². The van der Waals surface area contributed by atoms with Crippen LogP contribution in [0.4, 0.5) is 0 Å². The number of aliphatic hydroxyl groups is 1. The first-order chi connectivity index (χ1) is 7.27. The third-order valence-corrected chi connectivity index (χ3v) is 3.26. The second kappa shape index (κ2) is 4.77. The van der Waals surface area contributed by atoms with Gasteiger partial charge in [-0.15, -0.1) is 0 Å². The summed E-state index contributed by atoms with van der Waals surface area (Å²) in [7, 11) is 0. The van der Waals surface area contributed by atoms with E-state index in [0.29, 0.717) is 6.04 Å². The van der Waals surface area contributed by atoms with Gasteiger partial charge in [-0.05, 0) is 31.9 Å². The highest BCUT2D eigenvalue weighted by Gasteiger charge is 2.22. The van der Waals surface area contributed by atoms with E-state index in [4.69, 9.17) is 0 Å². The van der Waals surface area contributed by atoms with Crippen LogP contribution in [0.3, 0.4) is 0 Å². The SMILES string of the molecule is C[C@H](c1ccccc1)N1CCCC(O)C1. The van der Waals surface area contributed by atoms with E-state index in [2.05, 4.69) is 36.1 Å². The first kappa shape index (κ1) is 10.7. The fraction of sp³-hybridized carbons (Fsp3) is 0.538. The van der Waals surface area contributed by atoms with Crippen LogP contribution < -0.4 is 0 Å². The van der Waals surface area contributed by atoms with Crippen molar-refractivity contribution >= 4 is 0 Å². The van der Waals surface area contributed by atoms with Crippen molar-refractivity contribution in [3.05, 3.63) is 35.9 Å². The Morgan fingerprint density at radius 1 is 1.33 bits per heavy atom. The van der Waals surface area contributed by atoms with E-state index in [9.17, 15) is 5.11 Å². The standard InChI is InChI=1S/C13H19NO/c1-11(12-6-3-2-4-7-12)14-9-5-8-13(15)10-14/h2-4,6-7,11,13,15H,5,8-10H2,1H3/t11-,13?/m1/s1. The van der Waals surface area contributed by atoms with E-state index >= 15 is 0 Å². The van der Waals surface area contributed by atoms with E-state index in [1.54, 1.807) is 0 Å². The largest absolute Gasteiger partial charge is 0.392 e. The molecule has 0 aromatic heterocycles. The summed E-state index contributed by atoms with van der Waals surface area (Å²) in [6.45, 7) is 4.14. The van der Waals surface area contributed by atoms with Gasteiger partial charge in [0.15, 0.2) is 0 Å². The van der Waals surface area contributed by atoms with Crippen LogP contribution in [-0.4, -0.2) is 29.2 Å². The van der Waals surface area contributed by atoms with Crippen molar-refractivity contribution in [1.29, 1.82) is 0 Å². The van der Waals surface area contributed by atoms with E-state index in [1.165, 1.54) is 5.56 Å². The Bertz CT molecular complexity index is 299. The van der Waals surface area contributed by atoms with Gasteiger partial charge in [0, 0.05) is 12.6 Å². The first-order valence-corrected chi connectivity index (χ1v) is 5.74. The lowest BCUT2D eigenvalue weighted by atomic mass is 10.0. The lowest BCUT2D eigenvalue weighted by Gasteiger charge is -2.35. The van der Waals surface area contributed by atoms with E-state index in [-0.39, 0.29) is 6.10 Å². The molecule has 0 saturated carbocycles. The maximum atomic E-state index is 9.63. The molecule has 2 heteroatoms. The van der Waals surface area contributed by atoms with Crippen LogP contribution in [0.15, 0.2) is 30.3 Å². The van der Waals surface area contributed by atoms with Crippen LogP contribution in [-0.2, 0) is 0 Å². The summed E-state index contributed by atoms with van der Waals surface area (Å²) in [5.41, 5.74) is 1.34. The lowest BCUT2D eigenvalue weighted by molar-refractivity contribution is 0.0504. The summed E-state index contributed by atoms with van der Waals surface area (Å²) in [4.78, 5) is 2.36.